The Morgan fingerprint density at radius 1 is 1.27 bits per heavy atom. The minimum Gasteiger partial charge on any atom is -0.490 e. The van der Waals surface area contributed by atoms with E-state index in [1.165, 1.54) is 0 Å². The van der Waals surface area contributed by atoms with Crippen LogP contribution in [0.5, 0.6) is 11.5 Å². The standard InChI is InChI=1S/C16H21NO5/c1-2-21-13-5-3-4-6-14(13)22-10-15(18)17-12(9-16(19)20)11-7-8-11/h3-6,11-12H,2,7-10H2,1H3,(H,17,18)(H,19,20). The SMILES string of the molecule is CCOc1ccccc1OCC(=O)NC(CC(=O)O)C1CC1. The molecule has 0 aliphatic heterocycles. The minimum absolute atomic E-state index is 0.0497. The van der Waals surface area contributed by atoms with Gasteiger partial charge in [-0.1, -0.05) is 12.1 Å². The van der Waals surface area contributed by atoms with Crippen LogP contribution in [0.3, 0.4) is 0 Å². The van der Waals surface area contributed by atoms with Crippen LogP contribution in [0.1, 0.15) is 26.2 Å². The fourth-order valence-corrected chi connectivity index (χ4v) is 2.26. The second-order valence-corrected chi connectivity index (χ2v) is 5.28. The molecule has 6 nitrogen and oxygen atoms in total. The number of carbonyl (C=O) groups excluding carboxylic acids is 1. The Balaban J connectivity index is 1.85. The van der Waals surface area contributed by atoms with E-state index in [-0.39, 0.29) is 30.9 Å². The van der Waals surface area contributed by atoms with E-state index in [9.17, 15) is 9.59 Å². The molecule has 1 saturated carbocycles. The van der Waals surface area contributed by atoms with Crippen LogP contribution in [0.4, 0.5) is 0 Å². The van der Waals surface area contributed by atoms with Gasteiger partial charge in [-0.15, -0.1) is 0 Å². The molecule has 1 fully saturated rings. The fraction of sp³-hybridized carbons (Fsp3) is 0.500. The largest absolute Gasteiger partial charge is 0.490 e. The van der Waals surface area contributed by atoms with Gasteiger partial charge in [0.2, 0.25) is 0 Å². The molecule has 1 aromatic rings. The number of rotatable bonds is 9. The van der Waals surface area contributed by atoms with Crippen molar-refractivity contribution in [3.05, 3.63) is 24.3 Å². The summed E-state index contributed by atoms with van der Waals surface area (Å²) in [4.78, 5) is 22.8. The molecule has 1 aliphatic rings. The van der Waals surface area contributed by atoms with Crippen LogP contribution in [-0.2, 0) is 9.59 Å². The molecule has 0 aromatic heterocycles. The molecular formula is C16H21NO5. The Morgan fingerprint density at radius 2 is 1.91 bits per heavy atom. The van der Waals surface area contributed by atoms with E-state index in [1.54, 1.807) is 18.2 Å². The quantitative estimate of drug-likeness (QED) is 0.727. The van der Waals surface area contributed by atoms with Gasteiger partial charge < -0.3 is 19.9 Å². The Labute approximate surface area is 129 Å². The number of hydrogen-bond donors (Lipinski definition) is 2. The van der Waals surface area contributed by atoms with Crippen LogP contribution in [-0.4, -0.2) is 36.2 Å². The number of carbonyl (C=O) groups is 2. The number of nitrogens with one attached hydrogen (secondary N) is 1. The van der Waals surface area contributed by atoms with E-state index in [0.29, 0.717) is 18.1 Å². The van der Waals surface area contributed by atoms with Crippen LogP contribution in [0.15, 0.2) is 24.3 Å². The van der Waals surface area contributed by atoms with E-state index in [0.717, 1.165) is 12.8 Å². The minimum atomic E-state index is -0.903. The van der Waals surface area contributed by atoms with Gasteiger partial charge in [0.05, 0.1) is 13.0 Å². The lowest BCUT2D eigenvalue weighted by molar-refractivity contribution is -0.138. The smallest absolute Gasteiger partial charge is 0.305 e. The topological polar surface area (TPSA) is 84.9 Å². The summed E-state index contributed by atoms with van der Waals surface area (Å²) in [6, 6.07) is 6.82. The van der Waals surface area contributed by atoms with E-state index in [4.69, 9.17) is 14.6 Å². The number of hydrogen-bond acceptors (Lipinski definition) is 4. The summed E-state index contributed by atoms with van der Waals surface area (Å²) in [5, 5.41) is 11.6. The third-order valence-electron chi connectivity index (χ3n) is 3.44. The molecule has 22 heavy (non-hydrogen) atoms. The number of amides is 1. The highest BCUT2D eigenvalue weighted by Gasteiger charge is 2.33. The summed E-state index contributed by atoms with van der Waals surface area (Å²) in [5.74, 6) is 0.141. The van der Waals surface area contributed by atoms with Crippen molar-refractivity contribution in [3.8, 4) is 11.5 Å². The second-order valence-electron chi connectivity index (χ2n) is 5.28. The Kier molecular flexibility index (Phi) is 5.63. The molecule has 1 aromatic carbocycles. The average Bonchev–Trinajstić information content (AvgIpc) is 3.30. The molecule has 0 heterocycles. The maximum Gasteiger partial charge on any atom is 0.305 e. The molecule has 0 bridgehead atoms. The summed E-state index contributed by atoms with van der Waals surface area (Å²) in [5.41, 5.74) is 0. The van der Waals surface area contributed by atoms with Gasteiger partial charge in [0.15, 0.2) is 18.1 Å². The molecule has 120 valence electrons. The van der Waals surface area contributed by atoms with Crippen LogP contribution in [0, 0.1) is 5.92 Å². The predicted molar refractivity (Wildman–Crippen MR) is 80.0 cm³/mol. The van der Waals surface area contributed by atoms with E-state index in [2.05, 4.69) is 5.32 Å². The zero-order valence-electron chi connectivity index (χ0n) is 12.6. The van der Waals surface area contributed by atoms with Crippen LogP contribution >= 0.6 is 0 Å². The Hall–Kier alpha value is -2.24. The molecule has 2 rings (SSSR count). The molecule has 1 amide bonds. The molecule has 0 radical (unpaired) electrons. The second kappa shape index (κ2) is 7.68. The Bertz CT molecular complexity index is 527. The predicted octanol–water partition coefficient (Wildman–Crippen LogP) is 1.83. The first-order chi connectivity index (χ1) is 10.6. The van der Waals surface area contributed by atoms with Crippen molar-refractivity contribution < 1.29 is 24.2 Å². The zero-order valence-corrected chi connectivity index (χ0v) is 12.6. The molecule has 0 spiro atoms. The molecule has 6 heteroatoms. The van der Waals surface area contributed by atoms with E-state index in [1.807, 2.05) is 13.0 Å². The monoisotopic (exact) mass is 307 g/mol. The number of carboxylic acids is 1. The third-order valence-corrected chi connectivity index (χ3v) is 3.44. The number of carboxylic acid groups (broad SMARTS) is 1. The van der Waals surface area contributed by atoms with Gasteiger partial charge in [0.25, 0.3) is 5.91 Å². The summed E-state index contributed by atoms with van der Waals surface area (Å²) in [6.45, 7) is 2.22. The number of aliphatic carboxylic acids is 1. The number of para-hydroxylation sites is 2. The number of ether oxygens (including phenoxy) is 2. The van der Waals surface area contributed by atoms with Gasteiger partial charge in [0.1, 0.15) is 0 Å². The van der Waals surface area contributed by atoms with Crippen LogP contribution < -0.4 is 14.8 Å². The van der Waals surface area contributed by atoms with Crippen LogP contribution in [0.25, 0.3) is 0 Å². The molecular weight excluding hydrogens is 286 g/mol. The first kappa shape index (κ1) is 16.1. The average molecular weight is 307 g/mol. The van der Waals surface area contributed by atoms with Crippen molar-refractivity contribution in [2.24, 2.45) is 5.92 Å². The maximum atomic E-state index is 11.9. The highest BCUT2D eigenvalue weighted by atomic mass is 16.5. The number of benzene rings is 1. The maximum absolute atomic E-state index is 11.9. The van der Waals surface area contributed by atoms with Crippen LogP contribution in [0.2, 0.25) is 0 Å². The summed E-state index contributed by atoms with van der Waals surface area (Å²) in [6.07, 6.45) is 1.88. The van der Waals surface area contributed by atoms with Crippen molar-refractivity contribution >= 4 is 11.9 Å². The van der Waals surface area contributed by atoms with Gasteiger partial charge in [-0.05, 0) is 37.8 Å². The van der Waals surface area contributed by atoms with Crippen molar-refractivity contribution in [1.29, 1.82) is 0 Å². The Morgan fingerprint density at radius 3 is 2.45 bits per heavy atom. The highest BCUT2D eigenvalue weighted by molar-refractivity contribution is 5.79. The van der Waals surface area contributed by atoms with E-state index < -0.39 is 5.97 Å². The van der Waals surface area contributed by atoms with E-state index >= 15 is 0 Å². The van der Waals surface area contributed by atoms with Crippen molar-refractivity contribution in [1.82, 2.24) is 5.32 Å². The molecule has 1 unspecified atom stereocenters. The van der Waals surface area contributed by atoms with Gasteiger partial charge in [-0.25, -0.2) is 0 Å². The molecule has 2 N–H and O–H groups in total. The first-order valence-corrected chi connectivity index (χ1v) is 7.46. The third kappa shape index (κ3) is 4.95. The van der Waals surface area contributed by atoms with Crippen molar-refractivity contribution in [2.45, 2.75) is 32.2 Å². The lowest BCUT2D eigenvalue weighted by Crippen LogP contribution is -2.40. The fourth-order valence-electron chi connectivity index (χ4n) is 2.26. The van der Waals surface area contributed by atoms with Gasteiger partial charge in [-0.2, -0.15) is 0 Å². The highest BCUT2D eigenvalue weighted by Crippen LogP contribution is 2.34. The summed E-state index contributed by atoms with van der Waals surface area (Å²) < 4.78 is 10.9. The normalized spacial score (nSPS) is 15.0. The summed E-state index contributed by atoms with van der Waals surface area (Å²) >= 11 is 0. The van der Waals surface area contributed by atoms with Crippen molar-refractivity contribution in [2.75, 3.05) is 13.2 Å². The van der Waals surface area contributed by atoms with Gasteiger partial charge in [0, 0.05) is 6.04 Å². The lowest BCUT2D eigenvalue weighted by Gasteiger charge is -2.17. The van der Waals surface area contributed by atoms with Gasteiger partial charge >= 0.3 is 5.97 Å². The summed E-state index contributed by atoms with van der Waals surface area (Å²) in [7, 11) is 0. The van der Waals surface area contributed by atoms with Crippen molar-refractivity contribution in [3.63, 3.8) is 0 Å². The molecule has 0 saturated heterocycles. The molecule has 1 aliphatic carbocycles. The van der Waals surface area contributed by atoms with Gasteiger partial charge in [-0.3, -0.25) is 9.59 Å². The molecule has 1 atom stereocenters. The lowest BCUT2D eigenvalue weighted by atomic mass is 10.1. The zero-order chi connectivity index (χ0) is 15.9. The first-order valence-electron chi connectivity index (χ1n) is 7.46.